The zero-order valence-corrected chi connectivity index (χ0v) is 15.8. The van der Waals surface area contributed by atoms with Crippen LogP contribution >= 0.6 is 0 Å². The molecule has 5 nitrogen and oxygen atoms in total. The van der Waals surface area contributed by atoms with E-state index in [9.17, 15) is 4.79 Å². The SMILES string of the molecule is COc1cc(C(OC(C)=O)c2ccc3ccccc3c2)cc(OC)c1OC. The number of methoxy groups -OCH3 is 3. The molecule has 0 saturated heterocycles. The lowest BCUT2D eigenvalue weighted by Gasteiger charge is -2.21. The van der Waals surface area contributed by atoms with E-state index in [1.807, 2.05) is 42.5 Å². The summed E-state index contributed by atoms with van der Waals surface area (Å²) < 4.78 is 21.9. The standard InChI is InChI=1S/C22H22O5/c1-14(23)27-21(17-10-9-15-7-5-6-8-16(15)11-17)18-12-19(24-2)22(26-4)20(13-18)25-3/h5-13,21H,1-4H3. The summed E-state index contributed by atoms with van der Waals surface area (Å²) in [6, 6.07) is 17.6. The van der Waals surface area contributed by atoms with Crippen LogP contribution < -0.4 is 14.2 Å². The lowest BCUT2D eigenvalue weighted by molar-refractivity contribution is -0.144. The molecule has 0 bridgehead atoms. The van der Waals surface area contributed by atoms with Crippen molar-refractivity contribution >= 4 is 16.7 Å². The second-order valence-corrected chi connectivity index (χ2v) is 6.05. The van der Waals surface area contributed by atoms with Crippen LogP contribution in [-0.2, 0) is 9.53 Å². The summed E-state index contributed by atoms with van der Waals surface area (Å²) in [5.74, 6) is 1.13. The molecule has 0 aliphatic carbocycles. The van der Waals surface area contributed by atoms with Crippen LogP contribution in [0.5, 0.6) is 17.2 Å². The van der Waals surface area contributed by atoms with Crippen LogP contribution in [0.3, 0.4) is 0 Å². The Balaban J connectivity index is 2.15. The van der Waals surface area contributed by atoms with Gasteiger partial charge in [-0.05, 0) is 34.5 Å². The zero-order chi connectivity index (χ0) is 19.4. The highest BCUT2D eigenvalue weighted by atomic mass is 16.5. The Hall–Kier alpha value is -3.21. The van der Waals surface area contributed by atoms with Crippen LogP contribution in [0.1, 0.15) is 24.2 Å². The van der Waals surface area contributed by atoms with Gasteiger partial charge in [-0.2, -0.15) is 0 Å². The summed E-state index contributed by atoms with van der Waals surface area (Å²) in [6.45, 7) is 1.39. The quantitative estimate of drug-likeness (QED) is 0.601. The summed E-state index contributed by atoms with van der Waals surface area (Å²) in [5.41, 5.74) is 1.59. The van der Waals surface area contributed by atoms with Crippen LogP contribution in [0.4, 0.5) is 0 Å². The van der Waals surface area contributed by atoms with Crippen molar-refractivity contribution in [3.8, 4) is 17.2 Å². The first kappa shape index (κ1) is 18.6. The average molecular weight is 366 g/mol. The molecular weight excluding hydrogens is 344 g/mol. The first-order chi connectivity index (χ1) is 13.1. The van der Waals surface area contributed by atoms with Crippen molar-refractivity contribution in [2.45, 2.75) is 13.0 Å². The van der Waals surface area contributed by atoms with Gasteiger partial charge in [0.15, 0.2) is 17.6 Å². The largest absolute Gasteiger partial charge is 0.493 e. The molecule has 3 aromatic rings. The Morgan fingerprint density at radius 1 is 0.778 bits per heavy atom. The van der Waals surface area contributed by atoms with Crippen molar-refractivity contribution < 1.29 is 23.7 Å². The van der Waals surface area contributed by atoms with Gasteiger partial charge in [0, 0.05) is 12.5 Å². The number of ether oxygens (including phenoxy) is 4. The van der Waals surface area contributed by atoms with Crippen molar-refractivity contribution in [3.05, 3.63) is 65.7 Å². The summed E-state index contributed by atoms with van der Waals surface area (Å²) >= 11 is 0. The number of hydrogen-bond donors (Lipinski definition) is 0. The number of rotatable bonds is 6. The molecule has 0 N–H and O–H groups in total. The average Bonchev–Trinajstić information content (AvgIpc) is 2.70. The Morgan fingerprint density at radius 3 is 1.96 bits per heavy atom. The minimum atomic E-state index is -0.596. The number of esters is 1. The predicted octanol–water partition coefficient (Wildman–Crippen LogP) is 4.52. The smallest absolute Gasteiger partial charge is 0.303 e. The second-order valence-electron chi connectivity index (χ2n) is 6.05. The summed E-state index contributed by atoms with van der Waals surface area (Å²) in [6.07, 6.45) is -0.596. The van der Waals surface area contributed by atoms with E-state index >= 15 is 0 Å². The monoisotopic (exact) mass is 366 g/mol. The van der Waals surface area contributed by atoms with Crippen molar-refractivity contribution in [1.29, 1.82) is 0 Å². The Morgan fingerprint density at radius 2 is 1.41 bits per heavy atom. The van der Waals surface area contributed by atoms with Gasteiger partial charge in [0.25, 0.3) is 0 Å². The minimum Gasteiger partial charge on any atom is -0.493 e. The van der Waals surface area contributed by atoms with Crippen LogP contribution in [-0.4, -0.2) is 27.3 Å². The van der Waals surface area contributed by atoms with E-state index in [-0.39, 0.29) is 5.97 Å². The molecule has 3 aromatic carbocycles. The molecule has 0 aromatic heterocycles. The van der Waals surface area contributed by atoms with Crippen molar-refractivity contribution in [1.82, 2.24) is 0 Å². The second kappa shape index (κ2) is 7.99. The fraction of sp³-hybridized carbons (Fsp3) is 0.227. The van der Waals surface area contributed by atoms with Gasteiger partial charge in [0.05, 0.1) is 21.3 Å². The molecule has 0 aliphatic rings. The Labute approximate surface area is 158 Å². The van der Waals surface area contributed by atoms with E-state index in [1.165, 1.54) is 6.92 Å². The number of benzene rings is 3. The van der Waals surface area contributed by atoms with Crippen LogP contribution in [0, 0.1) is 0 Å². The van der Waals surface area contributed by atoms with Gasteiger partial charge < -0.3 is 18.9 Å². The van der Waals surface area contributed by atoms with E-state index in [4.69, 9.17) is 18.9 Å². The van der Waals surface area contributed by atoms with Gasteiger partial charge in [0.1, 0.15) is 0 Å². The molecule has 3 rings (SSSR count). The van der Waals surface area contributed by atoms with Gasteiger partial charge in [-0.3, -0.25) is 4.79 Å². The van der Waals surface area contributed by atoms with Gasteiger partial charge in [-0.1, -0.05) is 36.4 Å². The van der Waals surface area contributed by atoms with E-state index < -0.39 is 6.10 Å². The molecule has 0 amide bonds. The molecule has 1 atom stereocenters. The maximum absolute atomic E-state index is 11.8. The lowest BCUT2D eigenvalue weighted by atomic mass is 9.97. The lowest BCUT2D eigenvalue weighted by Crippen LogP contribution is -2.11. The molecule has 0 spiro atoms. The highest BCUT2D eigenvalue weighted by Crippen LogP contribution is 2.42. The van der Waals surface area contributed by atoms with Crippen LogP contribution in [0.2, 0.25) is 0 Å². The Kier molecular flexibility index (Phi) is 5.50. The fourth-order valence-electron chi connectivity index (χ4n) is 3.12. The molecule has 27 heavy (non-hydrogen) atoms. The maximum Gasteiger partial charge on any atom is 0.303 e. The fourth-order valence-corrected chi connectivity index (χ4v) is 3.12. The van der Waals surface area contributed by atoms with E-state index in [0.717, 1.165) is 21.9 Å². The van der Waals surface area contributed by atoms with Crippen LogP contribution in [0.25, 0.3) is 10.8 Å². The molecule has 1 unspecified atom stereocenters. The number of carbonyl (C=O) groups is 1. The van der Waals surface area contributed by atoms with Gasteiger partial charge in [-0.15, -0.1) is 0 Å². The highest BCUT2D eigenvalue weighted by molar-refractivity contribution is 5.83. The molecule has 0 aliphatic heterocycles. The molecule has 0 fully saturated rings. The minimum absolute atomic E-state index is 0.373. The maximum atomic E-state index is 11.8. The topological polar surface area (TPSA) is 54.0 Å². The molecule has 5 heteroatoms. The molecule has 0 saturated carbocycles. The normalized spacial score (nSPS) is 11.7. The summed E-state index contributed by atoms with van der Waals surface area (Å²) in [5, 5.41) is 2.19. The van der Waals surface area contributed by atoms with Gasteiger partial charge in [-0.25, -0.2) is 0 Å². The number of carbonyl (C=O) groups excluding carboxylic acids is 1. The first-order valence-electron chi connectivity index (χ1n) is 8.53. The third-order valence-electron chi connectivity index (χ3n) is 4.35. The first-order valence-corrected chi connectivity index (χ1v) is 8.53. The third kappa shape index (κ3) is 3.82. The zero-order valence-electron chi connectivity index (χ0n) is 15.8. The van der Waals surface area contributed by atoms with E-state index in [1.54, 1.807) is 33.5 Å². The molecule has 0 radical (unpaired) electrons. The Bertz CT molecular complexity index is 939. The van der Waals surface area contributed by atoms with Gasteiger partial charge >= 0.3 is 5.97 Å². The number of hydrogen-bond acceptors (Lipinski definition) is 5. The van der Waals surface area contributed by atoms with Crippen molar-refractivity contribution in [2.24, 2.45) is 0 Å². The molecule has 0 heterocycles. The molecule has 140 valence electrons. The summed E-state index contributed by atoms with van der Waals surface area (Å²) in [4.78, 5) is 11.8. The highest BCUT2D eigenvalue weighted by Gasteiger charge is 2.23. The predicted molar refractivity (Wildman–Crippen MR) is 104 cm³/mol. The molecular formula is C22H22O5. The third-order valence-corrected chi connectivity index (χ3v) is 4.35. The number of fused-ring (bicyclic) bond motifs is 1. The van der Waals surface area contributed by atoms with Crippen molar-refractivity contribution in [2.75, 3.05) is 21.3 Å². The summed E-state index contributed by atoms with van der Waals surface area (Å²) in [7, 11) is 4.66. The van der Waals surface area contributed by atoms with Crippen LogP contribution in [0.15, 0.2) is 54.6 Å². The van der Waals surface area contributed by atoms with E-state index in [0.29, 0.717) is 17.2 Å². The van der Waals surface area contributed by atoms with E-state index in [2.05, 4.69) is 0 Å². The van der Waals surface area contributed by atoms with Crippen molar-refractivity contribution in [3.63, 3.8) is 0 Å². The van der Waals surface area contributed by atoms with Gasteiger partial charge in [0.2, 0.25) is 5.75 Å².